The van der Waals surface area contributed by atoms with E-state index < -0.39 is 10.0 Å². The van der Waals surface area contributed by atoms with Crippen molar-refractivity contribution in [3.8, 4) is 12.3 Å². The minimum Gasteiger partial charge on any atom is -0.361 e. The molecule has 2 aromatic rings. The van der Waals surface area contributed by atoms with Crippen LogP contribution in [-0.2, 0) is 16.4 Å². The molecule has 0 bridgehead atoms. The van der Waals surface area contributed by atoms with Gasteiger partial charge in [0.05, 0.1) is 5.75 Å². The van der Waals surface area contributed by atoms with E-state index in [0.717, 1.165) is 20.9 Å². The van der Waals surface area contributed by atoms with Gasteiger partial charge in [0.25, 0.3) is 0 Å². The number of hydrogen-bond donors (Lipinski definition) is 2. The smallest absolute Gasteiger partial charge is 0.212 e. The summed E-state index contributed by atoms with van der Waals surface area (Å²) in [6.45, 7) is 0.367. The molecule has 0 amide bonds. The van der Waals surface area contributed by atoms with Crippen molar-refractivity contribution in [2.24, 2.45) is 0 Å². The summed E-state index contributed by atoms with van der Waals surface area (Å²) in [5.74, 6) is 2.30. The third-order valence-corrected chi connectivity index (χ3v) is 4.84. The van der Waals surface area contributed by atoms with Crippen LogP contribution in [0.5, 0.6) is 0 Å². The average molecular weight is 355 g/mol. The molecule has 1 aromatic heterocycles. The maximum absolute atomic E-state index is 11.6. The predicted molar refractivity (Wildman–Crippen MR) is 84.9 cm³/mol. The van der Waals surface area contributed by atoms with E-state index in [9.17, 15) is 8.42 Å². The van der Waals surface area contributed by atoms with Gasteiger partial charge in [-0.05, 0) is 30.2 Å². The molecule has 0 fully saturated rings. The number of sulfonamides is 1. The molecule has 0 aliphatic rings. The number of H-pyrrole nitrogens is 1. The average Bonchev–Trinajstić information content (AvgIpc) is 2.79. The minimum absolute atomic E-state index is 0.0249. The maximum atomic E-state index is 11.6. The number of fused-ring (bicyclic) bond motifs is 1. The molecule has 0 atom stereocenters. The van der Waals surface area contributed by atoms with Gasteiger partial charge in [-0.1, -0.05) is 15.9 Å². The van der Waals surface area contributed by atoms with Crippen LogP contribution in [0.25, 0.3) is 10.9 Å². The van der Waals surface area contributed by atoms with Crippen molar-refractivity contribution in [3.05, 3.63) is 34.4 Å². The van der Waals surface area contributed by atoms with Gasteiger partial charge in [-0.25, -0.2) is 13.1 Å². The van der Waals surface area contributed by atoms with Gasteiger partial charge >= 0.3 is 0 Å². The summed E-state index contributed by atoms with van der Waals surface area (Å²) < 4.78 is 26.8. The van der Waals surface area contributed by atoms with E-state index in [1.807, 2.05) is 24.4 Å². The Morgan fingerprint density at radius 3 is 2.95 bits per heavy atom. The molecular weight excluding hydrogens is 340 g/mol. The number of benzene rings is 1. The first kappa shape index (κ1) is 15.1. The van der Waals surface area contributed by atoms with Crippen LogP contribution < -0.4 is 4.72 Å². The van der Waals surface area contributed by atoms with E-state index in [4.69, 9.17) is 6.42 Å². The van der Waals surface area contributed by atoms with Gasteiger partial charge in [0.2, 0.25) is 10.0 Å². The lowest BCUT2D eigenvalue weighted by molar-refractivity contribution is 0.581. The number of rotatable bonds is 6. The van der Waals surface area contributed by atoms with Gasteiger partial charge in [0.1, 0.15) is 0 Å². The summed E-state index contributed by atoms with van der Waals surface area (Å²) >= 11 is 3.44. The standard InChI is InChI=1S/C14H15BrN2O2S/c1-2-3-8-20(18,19)17-7-6-11-10-16-14-5-4-12(15)9-13(11)14/h1,4-5,9-10,16-17H,3,6-8H2. The number of hydrogen-bond acceptors (Lipinski definition) is 2. The molecule has 4 nitrogen and oxygen atoms in total. The van der Waals surface area contributed by atoms with Gasteiger partial charge in [-0.2, -0.15) is 0 Å². The molecule has 6 heteroatoms. The zero-order chi connectivity index (χ0) is 14.6. The highest BCUT2D eigenvalue weighted by molar-refractivity contribution is 9.10. The summed E-state index contributed by atoms with van der Waals surface area (Å²) in [4.78, 5) is 3.17. The summed E-state index contributed by atoms with van der Waals surface area (Å²) in [5, 5.41) is 1.10. The Bertz CT molecular complexity index is 744. The third-order valence-electron chi connectivity index (χ3n) is 2.96. The molecule has 20 heavy (non-hydrogen) atoms. The van der Waals surface area contributed by atoms with Crippen LogP contribution in [0.2, 0.25) is 0 Å². The molecule has 0 aliphatic heterocycles. The fourth-order valence-electron chi connectivity index (χ4n) is 1.96. The summed E-state index contributed by atoms with van der Waals surface area (Å²) in [6.07, 6.45) is 7.84. The zero-order valence-corrected chi connectivity index (χ0v) is 13.2. The second kappa shape index (κ2) is 6.44. The number of nitrogens with one attached hydrogen (secondary N) is 2. The van der Waals surface area contributed by atoms with E-state index in [1.54, 1.807) is 0 Å². The first-order valence-electron chi connectivity index (χ1n) is 6.18. The molecule has 0 radical (unpaired) electrons. The first-order chi connectivity index (χ1) is 9.52. The van der Waals surface area contributed by atoms with Crippen LogP contribution in [0.15, 0.2) is 28.9 Å². The molecule has 2 N–H and O–H groups in total. The topological polar surface area (TPSA) is 62.0 Å². The molecule has 0 saturated carbocycles. The lowest BCUT2D eigenvalue weighted by atomic mass is 10.1. The lowest BCUT2D eigenvalue weighted by Gasteiger charge is -2.04. The lowest BCUT2D eigenvalue weighted by Crippen LogP contribution is -2.28. The zero-order valence-electron chi connectivity index (χ0n) is 10.8. The molecule has 0 saturated heterocycles. The highest BCUT2D eigenvalue weighted by atomic mass is 79.9. The Morgan fingerprint density at radius 2 is 2.20 bits per heavy atom. The highest BCUT2D eigenvalue weighted by Gasteiger charge is 2.09. The Kier molecular flexibility index (Phi) is 4.86. The van der Waals surface area contributed by atoms with E-state index in [2.05, 4.69) is 31.6 Å². The minimum atomic E-state index is -3.27. The molecule has 0 aliphatic carbocycles. The van der Waals surface area contributed by atoms with Crippen LogP contribution in [0, 0.1) is 12.3 Å². The predicted octanol–water partition coefficient (Wildman–Crippen LogP) is 2.42. The Hall–Kier alpha value is -1.29. The normalized spacial score (nSPS) is 11.6. The van der Waals surface area contributed by atoms with Gasteiger partial charge in [0, 0.05) is 34.5 Å². The number of aromatic amines is 1. The molecule has 0 spiro atoms. The quantitative estimate of drug-likeness (QED) is 0.782. The van der Waals surface area contributed by atoms with Crippen LogP contribution >= 0.6 is 15.9 Å². The Labute approximate surface area is 127 Å². The molecule has 2 rings (SSSR count). The number of halogens is 1. The fourth-order valence-corrected chi connectivity index (χ4v) is 3.27. The highest BCUT2D eigenvalue weighted by Crippen LogP contribution is 2.22. The van der Waals surface area contributed by atoms with Crippen LogP contribution in [0.4, 0.5) is 0 Å². The molecule has 0 unspecified atom stereocenters. The van der Waals surface area contributed by atoms with Crippen molar-refractivity contribution >= 4 is 36.9 Å². The van der Waals surface area contributed by atoms with E-state index in [0.29, 0.717) is 13.0 Å². The molecule has 1 aromatic carbocycles. The van der Waals surface area contributed by atoms with E-state index in [-0.39, 0.29) is 12.2 Å². The Balaban J connectivity index is 2.00. The third kappa shape index (κ3) is 3.85. The molecule has 106 valence electrons. The van der Waals surface area contributed by atoms with Crippen molar-refractivity contribution < 1.29 is 8.42 Å². The van der Waals surface area contributed by atoms with Crippen molar-refractivity contribution in [2.75, 3.05) is 12.3 Å². The van der Waals surface area contributed by atoms with Crippen molar-refractivity contribution in [1.29, 1.82) is 0 Å². The van der Waals surface area contributed by atoms with Gasteiger partial charge < -0.3 is 4.98 Å². The monoisotopic (exact) mass is 354 g/mol. The van der Waals surface area contributed by atoms with Crippen LogP contribution in [0.3, 0.4) is 0 Å². The van der Waals surface area contributed by atoms with Gasteiger partial charge in [0.15, 0.2) is 0 Å². The van der Waals surface area contributed by atoms with E-state index in [1.165, 1.54) is 0 Å². The summed E-state index contributed by atoms with van der Waals surface area (Å²) in [5.41, 5.74) is 2.12. The van der Waals surface area contributed by atoms with Crippen LogP contribution in [0.1, 0.15) is 12.0 Å². The van der Waals surface area contributed by atoms with Crippen molar-refractivity contribution in [2.45, 2.75) is 12.8 Å². The SMILES string of the molecule is C#CCCS(=O)(=O)NCCc1c[nH]c2ccc(Br)cc12. The van der Waals surface area contributed by atoms with Crippen molar-refractivity contribution in [1.82, 2.24) is 9.71 Å². The molecule has 1 heterocycles. The summed E-state index contributed by atoms with van der Waals surface area (Å²) in [7, 11) is -3.27. The van der Waals surface area contributed by atoms with Crippen LogP contribution in [-0.4, -0.2) is 25.7 Å². The largest absolute Gasteiger partial charge is 0.361 e. The maximum Gasteiger partial charge on any atom is 0.212 e. The second-order valence-electron chi connectivity index (χ2n) is 4.42. The van der Waals surface area contributed by atoms with Gasteiger partial charge in [-0.3, -0.25) is 0 Å². The van der Waals surface area contributed by atoms with Gasteiger partial charge in [-0.15, -0.1) is 12.3 Å². The summed E-state index contributed by atoms with van der Waals surface area (Å²) in [6, 6.07) is 5.97. The second-order valence-corrected chi connectivity index (χ2v) is 7.26. The number of aromatic nitrogens is 1. The van der Waals surface area contributed by atoms with E-state index >= 15 is 0 Å². The fraction of sp³-hybridized carbons (Fsp3) is 0.286. The number of terminal acetylenes is 1. The van der Waals surface area contributed by atoms with Crippen molar-refractivity contribution in [3.63, 3.8) is 0 Å². The molecular formula is C14H15BrN2O2S. The Morgan fingerprint density at radius 1 is 1.40 bits per heavy atom. The first-order valence-corrected chi connectivity index (χ1v) is 8.63.